The summed E-state index contributed by atoms with van der Waals surface area (Å²) in [5.41, 5.74) is 0. The molecule has 1 radical (unpaired) electrons. The molecule has 0 unspecified atom stereocenters. The SMILES string of the molecule is Ic1cc[c]cc1.[NaH]. The Kier molecular flexibility index (Phi) is 5.36. The summed E-state index contributed by atoms with van der Waals surface area (Å²) in [6.07, 6.45) is 0. The van der Waals surface area contributed by atoms with Crippen LogP contribution >= 0.6 is 22.6 Å². The van der Waals surface area contributed by atoms with Crippen LogP contribution in [0.3, 0.4) is 0 Å². The molecule has 0 bridgehead atoms. The summed E-state index contributed by atoms with van der Waals surface area (Å²) in [4.78, 5) is 0. The predicted octanol–water partition coefficient (Wildman–Crippen LogP) is 1.44. The van der Waals surface area contributed by atoms with Gasteiger partial charge in [0, 0.05) is 3.57 Å². The topological polar surface area (TPSA) is 0 Å². The molecule has 0 saturated heterocycles. The first-order chi connectivity index (χ1) is 3.39. The first kappa shape index (κ1) is 8.95. The Bertz CT molecular complexity index is 138. The van der Waals surface area contributed by atoms with E-state index in [1.165, 1.54) is 3.57 Å². The van der Waals surface area contributed by atoms with E-state index in [9.17, 15) is 0 Å². The van der Waals surface area contributed by atoms with Gasteiger partial charge in [-0.3, -0.25) is 0 Å². The van der Waals surface area contributed by atoms with Gasteiger partial charge in [-0.15, -0.1) is 0 Å². The van der Waals surface area contributed by atoms with Crippen LogP contribution in [0.25, 0.3) is 0 Å². The van der Waals surface area contributed by atoms with E-state index in [1.54, 1.807) is 0 Å². The van der Waals surface area contributed by atoms with Crippen molar-refractivity contribution in [2.75, 3.05) is 0 Å². The second-order valence-electron chi connectivity index (χ2n) is 1.22. The van der Waals surface area contributed by atoms with Crippen molar-refractivity contribution in [2.45, 2.75) is 0 Å². The van der Waals surface area contributed by atoms with Crippen LogP contribution < -0.4 is 0 Å². The van der Waals surface area contributed by atoms with E-state index in [0.29, 0.717) is 0 Å². The average molecular weight is 227 g/mol. The Morgan fingerprint density at radius 1 is 1.25 bits per heavy atom. The van der Waals surface area contributed by atoms with Crippen LogP contribution in [0.1, 0.15) is 0 Å². The Balaban J connectivity index is 0.000000490. The molecule has 1 aromatic carbocycles. The Morgan fingerprint density at radius 2 is 1.75 bits per heavy atom. The van der Waals surface area contributed by atoms with Crippen LogP contribution in [0.5, 0.6) is 0 Å². The fraction of sp³-hybridized carbons (Fsp3) is 0. The summed E-state index contributed by atoms with van der Waals surface area (Å²) in [5.74, 6) is 0. The molecule has 0 atom stereocenters. The molecule has 0 saturated carbocycles. The van der Waals surface area contributed by atoms with Crippen molar-refractivity contribution in [3.05, 3.63) is 33.9 Å². The molecule has 37 valence electrons. The number of halogens is 1. The van der Waals surface area contributed by atoms with E-state index in [1.807, 2.05) is 24.3 Å². The van der Waals surface area contributed by atoms with Crippen molar-refractivity contribution in [3.63, 3.8) is 0 Å². The number of hydrogen-bond acceptors (Lipinski definition) is 0. The summed E-state index contributed by atoms with van der Waals surface area (Å²) < 4.78 is 1.26. The van der Waals surface area contributed by atoms with Gasteiger partial charge >= 0.3 is 29.6 Å². The molecular formula is C6H5INa. The van der Waals surface area contributed by atoms with Gasteiger partial charge < -0.3 is 0 Å². The van der Waals surface area contributed by atoms with E-state index in [2.05, 4.69) is 28.7 Å². The van der Waals surface area contributed by atoms with Gasteiger partial charge in [-0.25, -0.2) is 0 Å². The summed E-state index contributed by atoms with van der Waals surface area (Å²) >= 11 is 2.26. The normalized spacial score (nSPS) is 7.62. The van der Waals surface area contributed by atoms with Crippen molar-refractivity contribution in [1.29, 1.82) is 0 Å². The molecule has 0 aliphatic rings. The van der Waals surface area contributed by atoms with E-state index >= 15 is 0 Å². The second kappa shape index (κ2) is 4.79. The monoisotopic (exact) mass is 227 g/mol. The maximum absolute atomic E-state index is 2.93. The first-order valence-electron chi connectivity index (χ1n) is 2.01. The van der Waals surface area contributed by atoms with E-state index in [-0.39, 0.29) is 29.6 Å². The number of benzene rings is 1. The molecule has 1 aromatic rings. The molecule has 0 aromatic heterocycles. The maximum atomic E-state index is 2.93. The third-order valence-electron chi connectivity index (χ3n) is 0.678. The molecular weight excluding hydrogens is 222 g/mol. The molecule has 0 aliphatic carbocycles. The summed E-state index contributed by atoms with van der Waals surface area (Å²) in [5, 5.41) is 0. The van der Waals surface area contributed by atoms with Gasteiger partial charge in [0.2, 0.25) is 0 Å². The van der Waals surface area contributed by atoms with Gasteiger partial charge in [0.15, 0.2) is 0 Å². The standard InChI is InChI=1S/C6H4I.Na.H/c7-6-4-2-1-3-5-6;;/h2-5H;;. The van der Waals surface area contributed by atoms with Gasteiger partial charge in [-0.2, -0.15) is 0 Å². The quantitative estimate of drug-likeness (QED) is 0.464. The third-order valence-corrected chi connectivity index (χ3v) is 1.40. The second-order valence-corrected chi connectivity index (χ2v) is 2.46. The molecule has 0 nitrogen and oxygen atoms in total. The Morgan fingerprint density at radius 3 is 2.00 bits per heavy atom. The van der Waals surface area contributed by atoms with Crippen LogP contribution in [0.2, 0.25) is 0 Å². The molecule has 0 spiro atoms. The van der Waals surface area contributed by atoms with Crippen LogP contribution in [-0.2, 0) is 0 Å². The number of hydrogen-bond donors (Lipinski definition) is 0. The van der Waals surface area contributed by atoms with E-state index in [4.69, 9.17) is 0 Å². The fourth-order valence-electron chi connectivity index (χ4n) is 0.367. The van der Waals surface area contributed by atoms with Gasteiger partial charge in [-0.05, 0) is 40.8 Å². The van der Waals surface area contributed by atoms with Crippen LogP contribution in [0, 0.1) is 9.64 Å². The molecule has 0 fully saturated rings. The third kappa shape index (κ3) is 3.07. The van der Waals surface area contributed by atoms with Gasteiger partial charge in [0.05, 0.1) is 0 Å². The molecule has 0 N–H and O–H groups in total. The molecule has 1 rings (SSSR count). The van der Waals surface area contributed by atoms with Crippen LogP contribution in [0.4, 0.5) is 0 Å². The zero-order valence-electron chi connectivity index (χ0n) is 3.69. The van der Waals surface area contributed by atoms with E-state index in [0.717, 1.165) is 0 Å². The Hall–Kier alpha value is 0.950. The van der Waals surface area contributed by atoms with Gasteiger partial charge in [0.1, 0.15) is 0 Å². The summed E-state index contributed by atoms with van der Waals surface area (Å²) in [7, 11) is 0. The summed E-state index contributed by atoms with van der Waals surface area (Å²) in [6, 6.07) is 10.8. The minimum absolute atomic E-state index is 0. The summed E-state index contributed by atoms with van der Waals surface area (Å²) in [6.45, 7) is 0. The van der Waals surface area contributed by atoms with Crippen molar-refractivity contribution in [3.8, 4) is 0 Å². The molecule has 0 aliphatic heterocycles. The van der Waals surface area contributed by atoms with Gasteiger partial charge in [0.25, 0.3) is 0 Å². The Labute approximate surface area is 85.1 Å². The predicted molar refractivity (Wildman–Crippen MR) is 45.1 cm³/mol. The number of rotatable bonds is 0. The first-order valence-corrected chi connectivity index (χ1v) is 3.09. The van der Waals surface area contributed by atoms with Crippen molar-refractivity contribution >= 4 is 52.1 Å². The zero-order chi connectivity index (χ0) is 5.11. The molecule has 0 heterocycles. The minimum atomic E-state index is 0. The van der Waals surface area contributed by atoms with Gasteiger partial charge in [-0.1, -0.05) is 12.1 Å². The van der Waals surface area contributed by atoms with Crippen molar-refractivity contribution in [2.24, 2.45) is 0 Å². The molecule has 0 amide bonds. The average Bonchev–Trinajstić information content (AvgIpc) is 1.69. The zero-order valence-corrected chi connectivity index (χ0v) is 5.84. The van der Waals surface area contributed by atoms with Crippen molar-refractivity contribution in [1.82, 2.24) is 0 Å². The van der Waals surface area contributed by atoms with Crippen molar-refractivity contribution < 1.29 is 0 Å². The fourth-order valence-corrected chi connectivity index (χ4v) is 0.726. The molecule has 2 heteroatoms. The van der Waals surface area contributed by atoms with E-state index < -0.39 is 0 Å². The van der Waals surface area contributed by atoms with Crippen LogP contribution in [0.15, 0.2) is 24.3 Å². The molecule has 8 heavy (non-hydrogen) atoms. The van der Waals surface area contributed by atoms with Crippen LogP contribution in [-0.4, -0.2) is 29.6 Å².